The molecule has 3 heterocycles. The lowest BCUT2D eigenvalue weighted by Crippen LogP contribution is -2.62. The van der Waals surface area contributed by atoms with Crippen molar-refractivity contribution in [1.29, 1.82) is 0 Å². The van der Waals surface area contributed by atoms with Crippen LogP contribution in [0.2, 0.25) is 0 Å². The normalized spacial score (nSPS) is 20.8. The number of morpholine rings is 1. The van der Waals surface area contributed by atoms with E-state index in [0.717, 1.165) is 0 Å². The summed E-state index contributed by atoms with van der Waals surface area (Å²) in [6.45, 7) is -1.05. The molecule has 10 amide bonds. The third-order valence-electron chi connectivity index (χ3n) is 13.4. The van der Waals surface area contributed by atoms with Crippen molar-refractivity contribution in [2.45, 2.75) is 124 Å². The number of aliphatic carboxylic acids is 1. The van der Waals surface area contributed by atoms with Crippen molar-refractivity contribution < 1.29 is 87.7 Å². The third-order valence-corrected chi connectivity index (χ3v) is 14.1. The molecule has 3 aliphatic rings. The SMILES string of the molecule is C[C@@H](O)[C@H](NC(=O)[C@H](CS)NC(=O)[C@@H](N)CO)C(=O)N[C@@H](Cc1ccccc1)C(=O)N[C@@H](CO)C(=O)N1C[C@@H]2O[C@H](C1)[C@H](C(=O)N1CCC[C@H]1C(=O)N[C@@H](CCC(N)=O)C(=O)N[C@@H](CS)C(=O)N[C@@H](Cc1ccc(O)cc1)C(=O)O)O2. The molecule has 444 valence electrons. The second-order valence-corrected chi connectivity index (χ2v) is 20.2. The van der Waals surface area contributed by atoms with Gasteiger partial charge in [-0.15, -0.1) is 0 Å². The number of aliphatic hydroxyl groups is 3. The molecule has 0 unspecified atom stereocenters. The first-order valence-electron chi connectivity index (χ1n) is 25.7. The predicted molar refractivity (Wildman–Crippen MR) is 288 cm³/mol. The molecule has 0 aliphatic carbocycles. The number of primary amides is 1. The summed E-state index contributed by atoms with van der Waals surface area (Å²) in [7, 11) is 0. The molecule has 13 atom stereocenters. The maximum Gasteiger partial charge on any atom is 0.326 e. The highest BCUT2D eigenvalue weighted by Crippen LogP contribution is 2.30. The second kappa shape index (κ2) is 30.6. The van der Waals surface area contributed by atoms with Gasteiger partial charge in [-0.25, -0.2) is 4.79 Å². The van der Waals surface area contributed by atoms with E-state index in [1.165, 1.54) is 41.0 Å². The summed E-state index contributed by atoms with van der Waals surface area (Å²) in [6, 6.07) is 0.749. The van der Waals surface area contributed by atoms with Crippen molar-refractivity contribution in [1.82, 2.24) is 47.0 Å². The molecule has 3 fully saturated rings. The number of carboxylic acids is 1. The molecule has 2 aromatic rings. The average molecular weight is 1180 g/mol. The fraction of sp³-hybridized carbons (Fsp3) is 0.540. The first-order chi connectivity index (χ1) is 38.5. The van der Waals surface area contributed by atoms with E-state index in [4.69, 9.17) is 20.9 Å². The van der Waals surface area contributed by atoms with Crippen LogP contribution >= 0.6 is 25.3 Å². The summed E-state index contributed by atoms with van der Waals surface area (Å²) in [5.74, 6) is -11.0. The first kappa shape index (κ1) is 64.7. The van der Waals surface area contributed by atoms with Gasteiger partial charge in [0.2, 0.25) is 53.2 Å². The standard InChI is InChI=1S/C50H69N11O18S2/c1-24(64)39(59-45(71)34(23-81)57-41(67)28(51)20-62)47(73)54-30(16-25-6-3-2-4-7-25)43(69)56-32(21-63)48(74)60-18-36-40(79-38(19-60)78-36)49(75)61-15-5-8-35(61)46(72)53-29(13-14-37(52)66)42(68)58-33(22-80)44(70)55-31(50(76)77)17-26-9-11-27(65)12-10-26/h2-4,6-7,9-12,24,28-36,38-40,62-65,80-81H,5,8,13-23,51H2,1H3,(H2,52,66)(H,53,72)(H,54,73)(H,55,70)(H,56,69)(H,57,67)(H,58,68)(H,59,71)(H,76,77)/t24-,28+,29+,30+,31+,32+,33+,34+,35+,36-,38-,39+,40-/m1/s1. The van der Waals surface area contributed by atoms with Crippen LogP contribution in [0.15, 0.2) is 54.6 Å². The zero-order valence-electron chi connectivity index (χ0n) is 43.9. The number of aliphatic hydroxyl groups excluding tert-OH is 3. The van der Waals surface area contributed by atoms with E-state index < -0.39 is 164 Å². The summed E-state index contributed by atoms with van der Waals surface area (Å²) in [5, 5.41) is 66.5. The number of hydrogen-bond donors (Lipinski definition) is 16. The van der Waals surface area contributed by atoms with E-state index in [-0.39, 0.29) is 62.6 Å². The van der Waals surface area contributed by atoms with Crippen LogP contribution in [0.3, 0.4) is 0 Å². The van der Waals surface area contributed by atoms with Crippen molar-refractivity contribution in [3.05, 3.63) is 65.7 Å². The molecule has 29 nitrogen and oxygen atoms in total. The van der Waals surface area contributed by atoms with Gasteiger partial charge in [0.25, 0.3) is 5.91 Å². The van der Waals surface area contributed by atoms with E-state index in [9.17, 15) is 78.3 Å². The van der Waals surface area contributed by atoms with Crippen molar-refractivity contribution in [3.63, 3.8) is 0 Å². The summed E-state index contributed by atoms with van der Waals surface area (Å²) in [5.41, 5.74) is 11.9. The van der Waals surface area contributed by atoms with Gasteiger partial charge in [0.1, 0.15) is 66.2 Å². The molecule has 0 spiro atoms. The summed E-state index contributed by atoms with van der Waals surface area (Å²) < 4.78 is 11.8. The lowest BCUT2D eigenvalue weighted by Gasteiger charge is -2.34. The molecule has 2 bridgehead atoms. The molecule has 16 N–H and O–H groups in total. The molecular weight excluding hydrogens is 1110 g/mol. The fourth-order valence-corrected chi connectivity index (χ4v) is 9.47. The zero-order chi connectivity index (χ0) is 59.7. The fourth-order valence-electron chi connectivity index (χ4n) is 8.95. The Hall–Kier alpha value is -7.13. The number of benzene rings is 2. The van der Waals surface area contributed by atoms with Crippen LogP contribution in [-0.4, -0.2) is 224 Å². The van der Waals surface area contributed by atoms with Gasteiger partial charge in [0.15, 0.2) is 12.4 Å². The molecular formula is C50H69N11O18S2. The van der Waals surface area contributed by atoms with Gasteiger partial charge in [0, 0.05) is 37.3 Å². The molecule has 3 saturated heterocycles. The summed E-state index contributed by atoms with van der Waals surface area (Å²) in [6.07, 6.45) is -5.94. The minimum Gasteiger partial charge on any atom is -0.508 e. The lowest BCUT2D eigenvalue weighted by atomic mass is 10.0. The number of nitrogens with one attached hydrogen (secondary N) is 7. The number of phenolic OH excluding ortho intramolecular Hbond substituents is 1. The minimum atomic E-state index is -1.71. The second-order valence-electron chi connectivity index (χ2n) is 19.4. The number of thiol groups is 2. The van der Waals surface area contributed by atoms with Crippen molar-refractivity contribution in [3.8, 4) is 5.75 Å². The average Bonchev–Trinajstić information content (AvgIpc) is 4.15. The maximum atomic E-state index is 14.3. The highest BCUT2D eigenvalue weighted by molar-refractivity contribution is 7.80. The topological polar surface area (TPSA) is 450 Å². The Balaban J connectivity index is 1.22. The number of aromatic hydroxyl groups is 1. The van der Waals surface area contributed by atoms with Crippen molar-refractivity contribution in [2.75, 3.05) is 44.4 Å². The number of nitrogens with zero attached hydrogens (tertiary/aromatic N) is 2. The van der Waals surface area contributed by atoms with Gasteiger partial charge >= 0.3 is 5.97 Å². The van der Waals surface area contributed by atoms with Crippen LogP contribution in [0, 0.1) is 0 Å². The highest BCUT2D eigenvalue weighted by Gasteiger charge is 2.51. The van der Waals surface area contributed by atoms with Gasteiger partial charge in [-0.05, 0) is 49.4 Å². The smallest absolute Gasteiger partial charge is 0.326 e. The van der Waals surface area contributed by atoms with Gasteiger partial charge in [0.05, 0.1) is 32.4 Å². The van der Waals surface area contributed by atoms with Gasteiger partial charge in [-0.3, -0.25) is 47.9 Å². The van der Waals surface area contributed by atoms with Crippen molar-refractivity contribution in [2.24, 2.45) is 11.5 Å². The largest absolute Gasteiger partial charge is 0.508 e. The number of amides is 10. The molecule has 0 radical (unpaired) electrons. The van der Waals surface area contributed by atoms with Gasteiger partial charge < -0.3 is 93.5 Å². The predicted octanol–water partition coefficient (Wildman–Crippen LogP) is -6.58. The number of fused-ring (bicyclic) bond motifs is 2. The number of ether oxygens (including phenoxy) is 2. The Kier molecular flexibility index (Phi) is 24.5. The number of nitrogens with two attached hydrogens (primary N) is 2. The van der Waals surface area contributed by atoms with E-state index in [1.807, 2.05) is 0 Å². The summed E-state index contributed by atoms with van der Waals surface area (Å²) >= 11 is 8.22. The third kappa shape index (κ3) is 18.2. The Morgan fingerprint density at radius 2 is 1.23 bits per heavy atom. The quantitative estimate of drug-likeness (QED) is 0.0337. The Labute approximate surface area is 475 Å². The molecule has 81 heavy (non-hydrogen) atoms. The molecule has 31 heteroatoms. The zero-order valence-corrected chi connectivity index (χ0v) is 45.7. The van der Waals surface area contributed by atoms with E-state index in [2.05, 4.69) is 62.5 Å². The van der Waals surface area contributed by atoms with Crippen LogP contribution in [0.25, 0.3) is 0 Å². The number of rotatable bonds is 29. The van der Waals surface area contributed by atoms with Crippen LogP contribution in [0.4, 0.5) is 0 Å². The number of carboxylic acid groups (broad SMARTS) is 1. The van der Waals surface area contributed by atoms with E-state index >= 15 is 0 Å². The van der Waals surface area contributed by atoms with E-state index in [1.54, 1.807) is 30.3 Å². The maximum absolute atomic E-state index is 14.3. The molecule has 2 aromatic carbocycles. The molecule has 3 aliphatic heterocycles. The van der Waals surface area contributed by atoms with Crippen LogP contribution < -0.4 is 48.7 Å². The number of carbonyl (C=O) groups excluding carboxylic acids is 10. The molecule has 5 rings (SSSR count). The Morgan fingerprint density at radius 3 is 1.83 bits per heavy atom. The monoisotopic (exact) mass is 1180 g/mol. The first-order valence-corrected chi connectivity index (χ1v) is 27.0. The summed E-state index contributed by atoms with van der Waals surface area (Å²) in [4.78, 5) is 149. The van der Waals surface area contributed by atoms with Crippen LogP contribution in [0.5, 0.6) is 5.75 Å². The lowest BCUT2D eigenvalue weighted by molar-refractivity contribution is -0.155. The highest BCUT2D eigenvalue weighted by atomic mass is 32.1. The number of phenols is 1. The minimum absolute atomic E-state index is 0.0460. The number of likely N-dealkylation sites (tertiary alicyclic amines) is 1. The van der Waals surface area contributed by atoms with E-state index in [0.29, 0.717) is 17.5 Å². The van der Waals surface area contributed by atoms with Gasteiger partial charge in [-0.2, -0.15) is 25.3 Å². The molecule has 0 aromatic heterocycles. The van der Waals surface area contributed by atoms with Crippen LogP contribution in [0.1, 0.15) is 43.7 Å². The number of hydrogen-bond acceptors (Lipinski definition) is 20. The van der Waals surface area contributed by atoms with Crippen LogP contribution in [-0.2, 0) is 75.1 Å². The van der Waals surface area contributed by atoms with Gasteiger partial charge in [-0.1, -0.05) is 42.5 Å². The van der Waals surface area contributed by atoms with Crippen molar-refractivity contribution >= 4 is 90.3 Å². The Bertz CT molecular complexity index is 2590. The number of carbonyl (C=O) groups is 11. The molecule has 0 saturated carbocycles. The Morgan fingerprint density at radius 1 is 0.679 bits per heavy atom.